The van der Waals surface area contributed by atoms with Gasteiger partial charge in [0, 0.05) is 33.3 Å². The number of ether oxygens (including phenoxy) is 1. The van der Waals surface area contributed by atoms with E-state index in [9.17, 15) is 4.79 Å². The van der Waals surface area contributed by atoms with Gasteiger partial charge in [-0.1, -0.05) is 18.5 Å². The third-order valence-corrected chi connectivity index (χ3v) is 3.04. The van der Waals surface area contributed by atoms with Gasteiger partial charge in [0.1, 0.15) is 0 Å². The molecule has 0 radical (unpaired) electrons. The van der Waals surface area contributed by atoms with Crippen molar-refractivity contribution in [1.82, 2.24) is 4.90 Å². The van der Waals surface area contributed by atoms with Gasteiger partial charge in [-0.15, -0.1) is 0 Å². The molecule has 0 spiro atoms. The van der Waals surface area contributed by atoms with Gasteiger partial charge < -0.3 is 15.0 Å². The fraction of sp³-hybridized carbons (Fsp3) is 0.500. The molecule has 106 valence electrons. The number of methoxy groups -OCH3 is 1. The molecule has 1 unspecified atom stereocenters. The number of carbonyl (C=O) groups is 1. The van der Waals surface area contributed by atoms with Gasteiger partial charge in [0.15, 0.2) is 0 Å². The first-order chi connectivity index (χ1) is 8.95. The van der Waals surface area contributed by atoms with Crippen LogP contribution < -0.4 is 5.32 Å². The third kappa shape index (κ3) is 4.73. The first-order valence-electron chi connectivity index (χ1n) is 6.19. The Morgan fingerprint density at radius 1 is 1.47 bits per heavy atom. The lowest BCUT2D eigenvalue weighted by molar-refractivity contribution is 0.0827. The molecular weight excluding hydrogens is 264 g/mol. The van der Waals surface area contributed by atoms with E-state index < -0.39 is 0 Å². The Kier molecular flexibility index (Phi) is 6.12. The van der Waals surface area contributed by atoms with E-state index in [1.165, 1.54) is 0 Å². The molecule has 0 bridgehead atoms. The van der Waals surface area contributed by atoms with Crippen molar-refractivity contribution >= 4 is 23.2 Å². The van der Waals surface area contributed by atoms with E-state index in [-0.39, 0.29) is 5.91 Å². The zero-order chi connectivity index (χ0) is 14.4. The van der Waals surface area contributed by atoms with E-state index in [1.807, 2.05) is 0 Å². The second kappa shape index (κ2) is 7.36. The summed E-state index contributed by atoms with van der Waals surface area (Å²) in [6, 6.07) is 5.25. The SMILES string of the molecule is COCC(C)CNc1cc(C(=O)N(C)C)ccc1Cl. The number of nitrogens with zero attached hydrogens (tertiary/aromatic N) is 1. The molecule has 0 saturated heterocycles. The van der Waals surface area contributed by atoms with E-state index in [0.29, 0.717) is 23.1 Å². The Morgan fingerprint density at radius 2 is 2.16 bits per heavy atom. The van der Waals surface area contributed by atoms with E-state index in [2.05, 4.69) is 12.2 Å². The van der Waals surface area contributed by atoms with Crippen LogP contribution in [0.25, 0.3) is 0 Å². The van der Waals surface area contributed by atoms with E-state index in [4.69, 9.17) is 16.3 Å². The highest BCUT2D eigenvalue weighted by atomic mass is 35.5. The number of hydrogen-bond acceptors (Lipinski definition) is 3. The summed E-state index contributed by atoms with van der Waals surface area (Å²) < 4.78 is 5.08. The zero-order valence-corrected chi connectivity index (χ0v) is 12.6. The highest BCUT2D eigenvalue weighted by molar-refractivity contribution is 6.33. The minimum atomic E-state index is -0.0374. The fourth-order valence-corrected chi connectivity index (χ4v) is 1.86. The van der Waals surface area contributed by atoms with Crippen molar-refractivity contribution in [1.29, 1.82) is 0 Å². The number of benzene rings is 1. The van der Waals surface area contributed by atoms with Gasteiger partial charge in [-0.25, -0.2) is 0 Å². The first-order valence-corrected chi connectivity index (χ1v) is 6.57. The van der Waals surface area contributed by atoms with Crippen LogP contribution in [0.3, 0.4) is 0 Å². The van der Waals surface area contributed by atoms with Crippen LogP contribution in [-0.4, -0.2) is 45.2 Å². The van der Waals surface area contributed by atoms with Crippen LogP contribution in [0.1, 0.15) is 17.3 Å². The summed E-state index contributed by atoms with van der Waals surface area (Å²) in [4.78, 5) is 13.4. The Morgan fingerprint density at radius 3 is 2.74 bits per heavy atom. The summed E-state index contributed by atoms with van der Waals surface area (Å²) in [5.74, 6) is 0.332. The second-order valence-corrected chi connectivity index (χ2v) is 5.24. The minimum absolute atomic E-state index is 0.0374. The van der Waals surface area contributed by atoms with E-state index in [0.717, 1.165) is 12.2 Å². The van der Waals surface area contributed by atoms with Crippen LogP contribution in [0, 0.1) is 5.92 Å². The lowest BCUT2D eigenvalue weighted by Gasteiger charge is -2.15. The maximum absolute atomic E-state index is 11.9. The van der Waals surface area contributed by atoms with Crippen molar-refractivity contribution < 1.29 is 9.53 Å². The second-order valence-electron chi connectivity index (χ2n) is 4.84. The lowest BCUT2D eigenvalue weighted by atomic mass is 10.1. The van der Waals surface area contributed by atoms with E-state index >= 15 is 0 Å². The van der Waals surface area contributed by atoms with Gasteiger partial charge in [-0.2, -0.15) is 0 Å². The Bertz CT molecular complexity index is 435. The normalized spacial score (nSPS) is 12.1. The standard InChI is InChI=1S/C14H21ClN2O2/c1-10(9-19-4)8-16-13-7-11(5-6-12(13)15)14(18)17(2)3/h5-7,10,16H,8-9H2,1-4H3. The monoisotopic (exact) mass is 284 g/mol. The van der Waals surface area contributed by atoms with Gasteiger partial charge >= 0.3 is 0 Å². The molecule has 0 aliphatic carbocycles. The van der Waals surface area contributed by atoms with Crippen molar-refractivity contribution in [2.75, 3.05) is 39.7 Å². The number of anilines is 1. The number of rotatable bonds is 6. The summed E-state index contributed by atoms with van der Waals surface area (Å²) in [7, 11) is 5.13. The van der Waals surface area contributed by atoms with Crippen molar-refractivity contribution in [2.24, 2.45) is 5.92 Å². The maximum atomic E-state index is 11.9. The van der Waals surface area contributed by atoms with Crippen LogP contribution in [0.15, 0.2) is 18.2 Å². The summed E-state index contributed by atoms with van der Waals surface area (Å²) in [6.07, 6.45) is 0. The molecule has 0 fully saturated rings. The average Bonchev–Trinajstić information content (AvgIpc) is 2.37. The highest BCUT2D eigenvalue weighted by Crippen LogP contribution is 2.23. The topological polar surface area (TPSA) is 41.6 Å². The number of hydrogen-bond donors (Lipinski definition) is 1. The van der Waals surface area contributed by atoms with Crippen LogP contribution in [0.4, 0.5) is 5.69 Å². The molecule has 4 nitrogen and oxygen atoms in total. The molecule has 0 aliphatic heterocycles. The molecule has 0 aromatic heterocycles. The molecular formula is C14H21ClN2O2. The number of amides is 1. The van der Waals surface area contributed by atoms with Crippen LogP contribution >= 0.6 is 11.6 Å². The molecule has 1 aromatic rings. The summed E-state index contributed by atoms with van der Waals surface area (Å²) in [6.45, 7) is 3.51. The average molecular weight is 285 g/mol. The summed E-state index contributed by atoms with van der Waals surface area (Å²) in [5, 5.41) is 3.86. The number of halogens is 1. The molecule has 1 aromatic carbocycles. The van der Waals surface area contributed by atoms with Gasteiger partial charge in [-0.05, 0) is 24.1 Å². The van der Waals surface area contributed by atoms with Gasteiger partial charge in [0.2, 0.25) is 0 Å². The van der Waals surface area contributed by atoms with Crippen LogP contribution in [-0.2, 0) is 4.74 Å². The van der Waals surface area contributed by atoms with Crippen molar-refractivity contribution in [3.8, 4) is 0 Å². The number of carbonyl (C=O) groups excluding carboxylic acids is 1. The largest absolute Gasteiger partial charge is 0.384 e. The molecule has 1 amide bonds. The molecule has 0 heterocycles. The minimum Gasteiger partial charge on any atom is -0.384 e. The van der Waals surface area contributed by atoms with Crippen molar-refractivity contribution in [2.45, 2.75) is 6.92 Å². The summed E-state index contributed by atoms with van der Waals surface area (Å²) in [5.41, 5.74) is 1.40. The van der Waals surface area contributed by atoms with Gasteiger partial charge in [-0.3, -0.25) is 4.79 Å². The van der Waals surface area contributed by atoms with E-state index in [1.54, 1.807) is 44.3 Å². The first kappa shape index (κ1) is 15.8. The van der Waals surface area contributed by atoms with Crippen LogP contribution in [0.2, 0.25) is 5.02 Å². The smallest absolute Gasteiger partial charge is 0.253 e. The fourth-order valence-electron chi connectivity index (χ4n) is 1.68. The Labute approximate surface area is 119 Å². The third-order valence-electron chi connectivity index (χ3n) is 2.71. The molecule has 19 heavy (non-hydrogen) atoms. The molecule has 0 aliphatic rings. The zero-order valence-electron chi connectivity index (χ0n) is 11.9. The Balaban J connectivity index is 2.77. The molecule has 0 saturated carbocycles. The van der Waals surface area contributed by atoms with Crippen molar-refractivity contribution in [3.05, 3.63) is 28.8 Å². The van der Waals surface area contributed by atoms with Crippen molar-refractivity contribution in [3.63, 3.8) is 0 Å². The Hall–Kier alpha value is -1.26. The molecule has 1 rings (SSSR count). The van der Waals surface area contributed by atoms with Gasteiger partial charge in [0.25, 0.3) is 5.91 Å². The predicted molar refractivity (Wildman–Crippen MR) is 79.0 cm³/mol. The molecule has 1 atom stereocenters. The predicted octanol–water partition coefficient (Wildman–Crippen LogP) is 2.74. The number of nitrogens with one attached hydrogen (secondary N) is 1. The molecule has 5 heteroatoms. The van der Waals surface area contributed by atoms with Gasteiger partial charge in [0.05, 0.1) is 17.3 Å². The lowest BCUT2D eigenvalue weighted by Crippen LogP contribution is -2.22. The highest BCUT2D eigenvalue weighted by Gasteiger charge is 2.11. The quantitative estimate of drug-likeness (QED) is 0.873. The maximum Gasteiger partial charge on any atom is 0.253 e. The van der Waals surface area contributed by atoms with Crippen LogP contribution in [0.5, 0.6) is 0 Å². The molecule has 1 N–H and O–H groups in total. The summed E-state index contributed by atoms with van der Waals surface area (Å²) >= 11 is 6.12.